The smallest absolute Gasteiger partial charge is 0.418 e. The molecule has 26 heavy (non-hydrogen) atoms. The number of ether oxygens (including phenoxy) is 2. The van der Waals surface area contributed by atoms with Crippen molar-refractivity contribution in [2.75, 3.05) is 30.4 Å². The number of carbonyl (C=O) groups is 1. The fourth-order valence-corrected chi connectivity index (χ4v) is 2.54. The normalized spacial score (nSPS) is 13.2. The molecule has 1 heterocycles. The summed E-state index contributed by atoms with van der Waals surface area (Å²) in [5.41, 5.74) is -0.269. The van der Waals surface area contributed by atoms with Gasteiger partial charge in [0.1, 0.15) is 13.2 Å². The van der Waals surface area contributed by atoms with Crippen LogP contribution in [0, 0.1) is 0 Å². The first-order valence-corrected chi connectivity index (χ1v) is 8.03. The highest BCUT2D eigenvalue weighted by atomic mass is 19.4. The Kier molecular flexibility index (Phi) is 5.20. The molecule has 0 spiro atoms. The predicted molar refractivity (Wildman–Crippen MR) is 90.6 cm³/mol. The number of rotatable bonds is 5. The van der Waals surface area contributed by atoms with Crippen molar-refractivity contribution in [1.29, 1.82) is 0 Å². The summed E-state index contributed by atoms with van der Waals surface area (Å²) in [6, 6.07) is 10.2. The molecule has 1 amide bonds. The summed E-state index contributed by atoms with van der Waals surface area (Å²) in [4.78, 5) is 12.0. The Hall–Kier alpha value is -2.90. The van der Waals surface area contributed by atoms with E-state index in [2.05, 4.69) is 10.6 Å². The number of carbonyl (C=O) groups excluding carboxylic acids is 1. The van der Waals surface area contributed by atoms with E-state index in [1.807, 2.05) is 0 Å². The summed E-state index contributed by atoms with van der Waals surface area (Å²) in [5, 5.41) is 5.35. The van der Waals surface area contributed by atoms with Gasteiger partial charge >= 0.3 is 6.18 Å². The molecule has 0 radical (unpaired) electrons. The highest BCUT2D eigenvalue weighted by Crippen LogP contribution is 2.34. The van der Waals surface area contributed by atoms with Crippen molar-refractivity contribution in [2.45, 2.75) is 12.6 Å². The summed E-state index contributed by atoms with van der Waals surface area (Å²) >= 11 is 0. The molecule has 2 N–H and O–H groups in total. The molecule has 8 heteroatoms. The Balaban J connectivity index is 1.54. The molecule has 1 aliphatic heterocycles. The fraction of sp³-hybridized carbons (Fsp3) is 0.278. The van der Waals surface area contributed by atoms with Gasteiger partial charge in [-0.3, -0.25) is 4.79 Å². The maximum atomic E-state index is 12.9. The van der Waals surface area contributed by atoms with Crippen molar-refractivity contribution in [3.05, 3.63) is 48.0 Å². The first kappa shape index (κ1) is 17.9. The minimum atomic E-state index is -4.45. The van der Waals surface area contributed by atoms with Gasteiger partial charge in [0.25, 0.3) is 0 Å². The third kappa shape index (κ3) is 4.38. The highest BCUT2D eigenvalue weighted by Gasteiger charge is 2.33. The van der Waals surface area contributed by atoms with E-state index in [4.69, 9.17) is 9.47 Å². The van der Waals surface area contributed by atoms with Crippen molar-refractivity contribution in [3.63, 3.8) is 0 Å². The summed E-state index contributed by atoms with van der Waals surface area (Å²) in [6.45, 7) is 0.986. The average molecular weight is 366 g/mol. The van der Waals surface area contributed by atoms with Crippen LogP contribution in [-0.2, 0) is 11.0 Å². The second kappa shape index (κ2) is 7.55. The summed E-state index contributed by atoms with van der Waals surface area (Å²) in [6.07, 6.45) is -4.43. The topological polar surface area (TPSA) is 59.6 Å². The molecule has 1 aliphatic rings. The lowest BCUT2D eigenvalue weighted by molar-refractivity contribution is -0.137. The molecule has 0 fully saturated rings. The lowest BCUT2D eigenvalue weighted by Gasteiger charge is -2.19. The number of nitrogens with one attached hydrogen (secondary N) is 2. The predicted octanol–water partition coefficient (Wildman–Crippen LogP) is 3.92. The highest BCUT2D eigenvalue weighted by molar-refractivity contribution is 5.91. The SMILES string of the molecule is O=C(CCNc1ccccc1C(F)(F)F)Nc1ccc2c(c1)OCCO2. The van der Waals surface area contributed by atoms with E-state index in [-0.39, 0.29) is 24.6 Å². The van der Waals surface area contributed by atoms with E-state index in [0.29, 0.717) is 30.4 Å². The van der Waals surface area contributed by atoms with Crippen LogP contribution in [0.1, 0.15) is 12.0 Å². The van der Waals surface area contributed by atoms with Crippen molar-refractivity contribution in [3.8, 4) is 11.5 Å². The number of fused-ring (bicyclic) bond motifs is 1. The first-order chi connectivity index (χ1) is 12.4. The molecule has 0 bridgehead atoms. The van der Waals surface area contributed by atoms with Crippen LogP contribution in [0.5, 0.6) is 11.5 Å². The van der Waals surface area contributed by atoms with Crippen LogP contribution in [-0.4, -0.2) is 25.7 Å². The zero-order valence-corrected chi connectivity index (χ0v) is 13.7. The minimum Gasteiger partial charge on any atom is -0.486 e. The van der Waals surface area contributed by atoms with E-state index in [1.54, 1.807) is 18.2 Å². The number of para-hydroxylation sites is 1. The van der Waals surface area contributed by atoms with Crippen molar-refractivity contribution < 1.29 is 27.4 Å². The van der Waals surface area contributed by atoms with Gasteiger partial charge in [-0.2, -0.15) is 13.2 Å². The van der Waals surface area contributed by atoms with Crippen molar-refractivity contribution >= 4 is 17.3 Å². The van der Waals surface area contributed by atoms with Crippen LogP contribution in [0.2, 0.25) is 0 Å². The largest absolute Gasteiger partial charge is 0.486 e. The van der Waals surface area contributed by atoms with Gasteiger partial charge in [-0.25, -0.2) is 0 Å². The van der Waals surface area contributed by atoms with Gasteiger partial charge in [-0.1, -0.05) is 12.1 Å². The van der Waals surface area contributed by atoms with E-state index in [1.165, 1.54) is 18.2 Å². The lowest BCUT2D eigenvalue weighted by atomic mass is 10.1. The van der Waals surface area contributed by atoms with Crippen molar-refractivity contribution in [2.24, 2.45) is 0 Å². The summed E-state index contributed by atoms with van der Waals surface area (Å²) in [7, 11) is 0. The summed E-state index contributed by atoms with van der Waals surface area (Å²) in [5.74, 6) is 0.838. The second-order valence-electron chi connectivity index (χ2n) is 5.63. The van der Waals surface area contributed by atoms with Crippen LogP contribution in [0.3, 0.4) is 0 Å². The maximum absolute atomic E-state index is 12.9. The standard InChI is InChI=1S/C18H17F3N2O3/c19-18(20,21)13-3-1-2-4-14(13)22-8-7-17(24)23-12-5-6-15-16(11-12)26-10-9-25-15/h1-6,11,22H,7-10H2,(H,23,24). The zero-order chi connectivity index (χ0) is 18.6. The number of hydrogen-bond donors (Lipinski definition) is 2. The third-order valence-corrected chi connectivity index (χ3v) is 3.73. The lowest BCUT2D eigenvalue weighted by Crippen LogP contribution is -2.18. The molecule has 5 nitrogen and oxygen atoms in total. The van der Waals surface area contributed by atoms with E-state index < -0.39 is 11.7 Å². The van der Waals surface area contributed by atoms with E-state index in [0.717, 1.165) is 6.07 Å². The Morgan fingerprint density at radius 2 is 1.77 bits per heavy atom. The van der Waals surface area contributed by atoms with Crippen LogP contribution in [0.25, 0.3) is 0 Å². The second-order valence-corrected chi connectivity index (χ2v) is 5.63. The van der Waals surface area contributed by atoms with E-state index in [9.17, 15) is 18.0 Å². The Bertz CT molecular complexity index is 793. The van der Waals surface area contributed by atoms with E-state index >= 15 is 0 Å². The molecule has 2 aromatic carbocycles. The number of hydrogen-bond acceptors (Lipinski definition) is 4. The molecule has 2 aromatic rings. The molecule has 0 aliphatic carbocycles. The quantitative estimate of drug-likeness (QED) is 0.842. The number of halogens is 3. The van der Waals surface area contributed by atoms with Gasteiger partial charge in [-0.05, 0) is 24.3 Å². The zero-order valence-electron chi connectivity index (χ0n) is 13.7. The summed E-state index contributed by atoms with van der Waals surface area (Å²) < 4.78 is 49.6. The number of benzene rings is 2. The molecule has 0 unspecified atom stereocenters. The van der Waals surface area contributed by atoms with Gasteiger partial charge < -0.3 is 20.1 Å². The Morgan fingerprint density at radius 3 is 2.54 bits per heavy atom. The third-order valence-electron chi connectivity index (χ3n) is 3.73. The van der Waals surface area contributed by atoms with Crippen LogP contribution >= 0.6 is 0 Å². The van der Waals surface area contributed by atoms with Gasteiger partial charge in [0.05, 0.1) is 5.56 Å². The Labute approximate surface area is 148 Å². The van der Waals surface area contributed by atoms with Gasteiger partial charge in [0.2, 0.25) is 5.91 Å². The molecular formula is C18H17F3N2O3. The molecule has 0 aromatic heterocycles. The van der Waals surface area contributed by atoms with Crippen LogP contribution in [0.15, 0.2) is 42.5 Å². The maximum Gasteiger partial charge on any atom is 0.418 e. The molecule has 3 rings (SSSR count). The van der Waals surface area contributed by atoms with Gasteiger partial charge in [0.15, 0.2) is 11.5 Å². The van der Waals surface area contributed by atoms with Gasteiger partial charge in [0, 0.05) is 30.4 Å². The monoisotopic (exact) mass is 366 g/mol. The van der Waals surface area contributed by atoms with Crippen molar-refractivity contribution in [1.82, 2.24) is 0 Å². The van der Waals surface area contributed by atoms with Crippen LogP contribution in [0.4, 0.5) is 24.5 Å². The number of alkyl halides is 3. The molecule has 0 atom stereocenters. The van der Waals surface area contributed by atoms with Gasteiger partial charge in [-0.15, -0.1) is 0 Å². The number of amides is 1. The molecule has 0 saturated carbocycles. The first-order valence-electron chi connectivity index (χ1n) is 8.03. The fourth-order valence-electron chi connectivity index (χ4n) is 2.54. The Morgan fingerprint density at radius 1 is 1.04 bits per heavy atom. The molecule has 138 valence electrons. The molecule has 0 saturated heterocycles. The average Bonchev–Trinajstić information content (AvgIpc) is 2.61. The van der Waals surface area contributed by atoms with Crippen LogP contribution < -0.4 is 20.1 Å². The molecular weight excluding hydrogens is 349 g/mol. The minimum absolute atomic E-state index is 0.0145. The number of anilines is 2.